The van der Waals surface area contributed by atoms with Crippen molar-refractivity contribution >= 4 is 17.7 Å². The summed E-state index contributed by atoms with van der Waals surface area (Å²) in [5.74, 6) is 0.0322. The molecule has 49 heavy (non-hydrogen) atoms. The van der Waals surface area contributed by atoms with Crippen molar-refractivity contribution in [2.45, 2.75) is 44.1 Å². The number of ether oxygens (including phenoxy) is 1. The second kappa shape index (κ2) is 14.2. The molecular weight excluding hydrogens is 635 g/mol. The highest BCUT2D eigenvalue weighted by molar-refractivity contribution is 6.03. The van der Waals surface area contributed by atoms with E-state index in [1.54, 1.807) is 30.3 Å². The van der Waals surface area contributed by atoms with Crippen molar-refractivity contribution in [3.8, 4) is 11.4 Å². The van der Waals surface area contributed by atoms with E-state index in [1.165, 1.54) is 17.7 Å². The Labute approximate surface area is 280 Å². The van der Waals surface area contributed by atoms with Crippen LogP contribution in [0.15, 0.2) is 109 Å². The van der Waals surface area contributed by atoms with Gasteiger partial charge in [0.15, 0.2) is 5.69 Å². The number of anilines is 1. The number of hydrogen-bond acceptors (Lipinski definition) is 5. The van der Waals surface area contributed by atoms with Gasteiger partial charge in [0.2, 0.25) is 0 Å². The quantitative estimate of drug-likeness (QED) is 0.104. The maximum atomic E-state index is 13.7. The highest BCUT2D eigenvalue weighted by Gasteiger charge is 2.43. The van der Waals surface area contributed by atoms with Gasteiger partial charge >= 0.3 is 12.3 Å². The van der Waals surface area contributed by atoms with E-state index in [1.807, 2.05) is 48.5 Å². The molecule has 0 aliphatic heterocycles. The first kappa shape index (κ1) is 33.3. The molecule has 4 aromatic carbocycles. The third kappa shape index (κ3) is 8.46. The molecule has 12 heteroatoms. The van der Waals surface area contributed by atoms with Crippen LogP contribution in [0.2, 0.25) is 0 Å². The molecule has 1 saturated carbocycles. The highest BCUT2D eigenvalue weighted by atomic mass is 19.4. The molecule has 252 valence electrons. The van der Waals surface area contributed by atoms with Crippen LogP contribution in [-0.4, -0.2) is 33.4 Å². The van der Waals surface area contributed by atoms with Crippen LogP contribution in [0.4, 0.5) is 23.7 Å². The van der Waals surface area contributed by atoms with Crippen LogP contribution >= 0.6 is 0 Å². The van der Waals surface area contributed by atoms with Gasteiger partial charge in [-0.1, -0.05) is 66.7 Å². The van der Waals surface area contributed by atoms with E-state index in [0.717, 1.165) is 40.9 Å². The summed E-state index contributed by atoms with van der Waals surface area (Å²) >= 11 is 0. The third-order valence-electron chi connectivity index (χ3n) is 8.38. The lowest BCUT2D eigenvalue weighted by molar-refractivity contribution is -0.141. The van der Waals surface area contributed by atoms with Gasteiger partial charge in [-0.05, 0) is 71.5 Å². The Morgan fingerprint density at radius 1 is 0.837 bits per heavy atom. The van der Waals surface area contributed by atoms with Crippen molar-refractivity contribution in [1.29, 1.82) is 0 Å². The summed E-state index contributed by atoms with van der Waals surface area (Å²) in [4.78, 5) is 24.2. The van der Waals surface area contributed by atoms with E-state index in [4.69, 9.17) is 9.84 Å². The fourth-order valence-corrected chi connectivity index (χ4v) is 5.62. The van der Waals surface area contributed by atoms with Crippen molar-refractivity contribution in [2.24, 2.45) is 0 Å². The summed E-state index contributed by atoms with van der Waals surface area (Å²) in [5.41, 5.74) is 2.79. The molecule has 5 aromatic rings. The second-order valence-electron chi connectivity index (χ2n) is 12.0. The summed E-state index contributed by atoms with van der Waals surface area (Å²) in [6, 6.07) is 32.1. The molecule has 0 saturated heterocycles. The number of carbonyl (C=O) groups excluding carboxylic acids is 1. The Balaban J connectivity index is 1.08. The number of aromatic nitrogens is 2. The zero-order valence-electron chi connectivity index (χ0n) is 26.3. The van der Waals surface area contributed by atoms with Gasteiger partial charge in [-0.2, -0.15) is 18.3 Å². The molecule has 0 spiro atoms. The SMILES string of the molecule is O=C(O)NCc1cccc(-n2nc(C(F)(F)F)cc2C(=O)Nc2cccc(CNCC3(c4ccc(OCc5ccccc5)cc4)CC3)c2)c1. The van der Waals surface area contributed by atoms with Gasteiger partial charge in [-0.15, -0.1) is 0 Å². The first-order valence-corrected chi connectivity index (χ1v) is 15.7. The minimum atomic E-state index is -4.79. The number of carboxylic acid groups (broad SMARTS) is 1. The molecule has 1 heterocycles. The second-order valence-corrected chi connectivity index (χ2v) is 12.0. The number of rotatable bonds is 13. The number of carbonyl (C=O) groups is 2. The Kier molecular flexibility index (Phi) is 9.68. The monoisotopic (exact) mass is 669 g/mol. The van der Waals surface area contributed by atoms with Gasteiger partial charge in [0.25, 0.3) is 5.91 Å². The van der Waals surface area contributed by atoms with E-state index in [0.29, 0.717) is 30.5 Å². The molecule has 4 N–H and O–H groups in total. The molecule has 1 aromatic heterocycles. The maximum Gasteiger partial charge on any atom is 0.435 e. The third-order valence-corrected chi connectivity index (χ3v) is 8.38. The van der Waals surface area contributed by atoms with Gasteiger partial charge in [0.1, 0.15) is 18.1 Å². The average Bonchev–Trinajstić information content (AvgIpc) is 3.73. The number of alkyl halides is 3. The summed E-state index contributed by atoms with van der Waals surface area (Å²) in [6.45, 7) is 1.72. The Bertz CT molecular complexity index is 1920. The summed E-state index contributed by atoms with van der Waals surface area (Å²) in [6.07, 6.45) is -3.91. The van der Waals surface area contributed by atoms with E-state index < -0.39 is 23.9 Å². The molecule has 0 atom stereocenters. The first-order chi connectivity index (χ1) is 23.6. The zero-order chi connectivity index (χ0) is 34.4. The average molecular weight is 670 g/mol. The van der Waals surface area contributed by atoms with Gasteiger partial charge < -0.3 is 25.8 Å². The molecule has 0 bridgehead atoms. The highest BCUT2D eigenvalue weighted by Crippen LogP contribution is 2.48. The summed E-state index contributed by atoms with van der Waals surface area (Å²) in [5, 5.41) is 21.0. The smallest absolute Gasteiger partial charge is 0.435 e. The lowest BCUT2D eigenvalue weighted by atomic mass is 9.95. The molecule has 0 unspecified atom stereocenters. The summed E-state index contributed by atoms with van der Waals surface area (Å²) in [7, 11) is 0. The van der Waals surface area contributed by atoms with Gasteiger partial charge in [0, 0.05) is 36.8 Å². The van der Waals surface area contributed by atoms with E-state index >= 15 is 0 Å². The Morgan fingerprint density at radius 2 is 1.53 bits per heavy atom. The van der Waals surface area contributed by atoms with Crippen LogP contribution in [0.25, 0.3) is 5.69 Å². The van der Waals surface area contributed by atoms with E-state index in [-0.39, 0.29) is 23.3 Å². The summed E-state index contributed by atoms with van der Waals surface area (Å²) < 4.78 is 47.8. The minimum Gasteiger partial charge on any atom is -0.489 e. The maximum absolute atomic E-state index is 13.7. The lowest BCUT2D eigenvalue weighted by Crippen LogP contribution is -2.26. The first-order valence-electron chi connectivity index (χ1n) is 15.7. The van der Waals surface area contributed by atoms with Crippen LogP contribution < -0.4 is 20.7 Å². The van der Waals surface area contributed by atoms with Crippen LogP contribution in [0, 0.1) is 0 Å². The standard InChI is InChI=1S/C37H34F3N5O4/c38-37(39,40)33-20-32(45(44-33)30-11-5-9-27(19-30)22-42-35(47)48)34(46)43-29-10-4-8-26(18-29)21-41-24-36(16-17-36)28-12-14-31(15-13-28)49-23-25-6-2-1-3-7-25/h1-15,18-20,41-42H,16-17,21-24H2,(H,43,46)(H,47,48). The predicted molar refractivity (Wildman–Crippen MR) is 178 cm³/mol. The van der Waals surface area contributed by atoms with Gasteiger partial charge in [-0.25, -0.2) is 9.48 Å². The lowest BCUT2D eigenvalue weighted by Gasteiger charge is -2.18. The Morgan fingerprint density at radius 3 is 2.22 bits per heavy atom. The number of benzene rings is 4. The largest absolute Gasteiger partial charge is 0.489 e. The molecule has 1 aliphatic carbocycles. The zero-order valence-corrected chi connectivity index (χ0v) is 26.3. The van der Waals surface area contributed by atoms with Crippen LogP contribution in [0.5, 0.6) is 5.75 Å². The number of amides is 2. The minimum absolute atomic E-state index is 0.0410. The predicted octanol–water partition coefficient (Wildman–Crippen LogP) is 7.31. The van der Waals surface area contributed by atoms with Crippen LogP contribution in [0.1, 0.15) is 51.3 Å². The van der Waals surface area contributed by atoms with Crippen molar-refractivity contribution in [3.05, 3.63) is 143 Å². The molecule has 2 amide bonds. The fourth-order valence-electron chi connectivity index (χ4n) is 5.62. The molecule has 0 radical (unpaired) electrons. The number of nitrogens with zero attached hydrogens (tertiary/aromatic N) is 2. The van der Waals surface area contributed by atoms with Gasteiger partial charge in [-0.3, -0.25) is 4.79 Å². The van der Waals surface area contributed by atoms with Crippen molar-refractivity contribution in [2.75, 3.05) is 11.9 Å². The van der Waals surface area contributed by atoms with Crippen molar-refractivity contribution < 1.29 is 32.6 Å². The normalized spacial score (nSPS) is 13.4. The number of halogens is 3. The topological polar surface area (TPSA) is 118 Å². The molecule has 9 nitrogen and oxygen atoms in total. The van der Waals surface area contributed by atoms with Gasteiger partial charge in [0.05, 0.1) is 5.69 Å². The van der Waals surface area contributed by atoms with E-state index in [2.05, 4.69) is 33.2 Å². The van der Waals surface area contributed by atoms with Crippen LogP contribution in [-0.2, 0) is 31.3 Å². The molecule has 1 fully saturated rings. The fraction of sp³-hybridized carbons (Fsp3) is 0.216. The number of hydrogen-bond donors (Lipinski definition) is 4. The van der Waals surface area contributed by atoms with Crippen molar-refractivity contribution in [1.82, 2.24) is 20.4 Å². The Hall–Kier alpha value is -5.62. The molecule has 1 aliphatic rings. The van der Waals surface area contributed by atoms with Crippen molar-refractivity contribution in [3.63, 3.8) is 0 Å². The number of nitrogens with one attached hydrogen (secondary N) is 3. The molecular formula is C37H34F3N5O4. The van der Waals surface area contributed by atoms with E-state index in [9.17, 15) is 22.8 Å². The van der Waals surface area contributed by atoms with Crippen LogP contribution in [0.3, 0.4) is 0 Å². The molecule has 6 rings (SSSR count).